The zero-order valence-electron chi connectivity index (χ0n) is 11.5. The molecule has 0 aliphatic rings. The number of hydrogen-bond acceptors (Lipinski definition) is 3. The fourth-order valence-corrected chi connectivity index (χ4v) is 1.68. The zero-order chi connectivity index (χ0) is 13.4. The number of nitrogens with one attached hydrogen (secondary N) is 1. The van der Waals surface area contributed by atoms with E-state index >= 15 is 0 Å². The zero-order valence-corrected chi connectivity index (χ0v) is 11.5. The molecule has 0 aliphatic heterocycles. The van der Waals surface area contributed by atoms with Gasteiger partial charge >= 0.3 is 0 Å². The maximum atomic E-state index is 8.92. The topological polar surface area (TPSA) is 45.0 Å². The van der Waals surface area contributed by atoms with Crippen molar-refractivity contribution in [3.05, 3.63) is 24.3 Å². The molecule has 1 aromatic rings. The number of nitriles is 1. The Hall–Kier alpha value is -1.69. The average Bonchev–Trinajstić information content (AvgIpc) is 2.36. The standard InChI is InChI=1S/C15H22N2O/c1-4-18-14-8-5-7-13(11-14)17-10-6-9-15(2,3)12-16/h5,7-8,11,17H,4,6,9-10H2,1-3H3. The monoisotopic (exact) mass is 246 g/mol. The number of ether oxygens (including phenoxy) is 1. The predicted octanol–water partition coefficient (Wildman–Crippen LogP) is 3.83. The third-order valence-corrected chi connectivity index (χ3v) is 2.76. The van der Waals surface area contributed by atoms with Gasteiger partial charge in [-0.05, 0) is 45.7 Å². The van der Waals surface area contributed by atoms with E-state index < -0.39 is 0 Å². The number of anilines is 1. The molecule has 1 rings (SSSR count). The molecule has 0 atom stereocenters. The molecule has 1 aromatic carbocycles. The molecule has 18 heavy (non-hydrogen) atoms. The van der Waals surface area contributed by atoms with E-state index in [4.69, 9.17) is 10.00 Å². The summed E-state index contributed by atoms with van der Waals surface area (Å²) in [5.41, 5.74) is 0.838. The maximum Gasteiger partial charge on any atom is 0.121 e. The van der Waals surface area contributed by atoms with Crippen LogP contribution in [0.3, 0.4) is 0 Å². The summed E-state index contributed by atoms with van der Waals surface area (Å²) in [6, 6.07) is 10.3. The van der Waals surface area contributed by atoms with Crippen LogP contribution in [0.1, 0.15) is 33.6 Å². The Balaban J connectivity index is 2.36. The van der Waals surface area contributed by atoms with Crippen molar-refractivity contribution in [2.75, 3.05) is 18.5 Å². The molecule has 0 heterocycles. The van der Waals surface area contributed by atoms with E-state index in [9.17, 15) is 0 Å². The van der Waals surface area contributed by atoms with Crippen LogP contribution in [0.15, 0.2) is 24.3 Å². The first-order valence-corrected chi connectivity index (χ1v) is 6.45. The molecule has 0 amide bonds. The molecule has 0 spiro atoms. The molecule has 3 heteroatoms. The van der Waals surface area contributed by atoms with Gasteiger partial charge in [-0.1, -0.05) is 6.07 Å². The van der Waals surface area contributed by atoms with E-state index in [1.165, 1.54) is 0 Å². The van der Waals surface area contributed by atoms with Gasteiger partial charge in [0.2, 0.25) is 0 Å². The lowest BCUT2D eigenvalue weighted by Crippen LogP contribution is -2.11. The Kier molecular flexibility index (Phi) is 5.51. The van der Waals surface area contributed by atoms with Crippen LogP contribution < -0.4 is 10.1 Å². The van der Waals surface area contributed by atoms with Crippen molar-refractivity contribution in [1.29, 1.82) is 5.26 Å². The lowest BCUT2D eigenvalue weighted by Gasteiger charge is -2.15. The average molecular weight is 246 g/mol. The molecule has 0 saturated heterocycles. The lowest BCUT2D eigenvalue weighted by atomic mass is 9.90. The Bertz CT molecular complexity index is 407. The van der Waals surface area contributed by atoms with E-state index in [-0.39, 0.29) is 5.41 Å². The van der Waals surface area contributed by atoms with Gasteiger partial charge in [0.15, 0.2) is 0 Å². The van der Waals surface area contributed by atoms with Crippen LogP contribution in [0.2, 0.25) is 0 Å². The number of hydrogen-bond donors (Lipinski definition) is 1. The van der Waals surface area contributed by atoms with Crippen LogP contribution in [0.5, 0.6) is 5.75 Å². The van der Waals surface area contributed by atoms with Crippen LogP contribution in [-0.2, 0) is 0 Å². The third-order valence-electron chi connectivity index (χ3n) is 2.76. The second-order valence-electron chi connectivity index (χ2n) is 4.99. The summed E-state index contributed by atoms with van der Waals surface area (Å²) in [5.74, 6) is 0.889. The van der Waals surface area contributed by atoms with Gasteiger partial charge < -0.3 is 10.1 Å². The quantitative estimate of drug-likeness (QED) is 0.744. The van der Waals surface area contributed by atoms with Crippen molar-refractivity contribution in [3.63, 3.8) is 0 Å². The first-order chi connectivity index (χ1) is 8.57. The van der Waals surface area contributed by atoms with Gasteiger partial charge in [-0.25, -0.2) is 0 Å². The summed E-state index contributed by atoms with van der Waals surface area (Å²) >= 11 is 0. The second-order valence-corrected chi connectivity index (χ2v) is 4.99. The molecule has 0 unspecified atom stereocenters. The molecule has 0 bridgehead atoms. The van der Waals surface area contributed by atoms with Gasteiger partial charge in [-0.3, -0.25) is 0 Å². The molecule has 0 radical (unpaired) electrons. The van der Waals surface area contributed by atoms with Crippen molar-refractivity contribution < 1.29 is 4.74 Å². The fourth-order valence-electron chi connectivity index (χ4n) is 1.68. The van der Waals surface area contributed by atoms with Crippen LogP contribution in [0, 0.1) is 16.7 Å². The van der Waals surface area contributed by atoms with E-state index in [1.54, 1.807) is 0 Å². The van der Waals surface area contributed by atoms with E-state index in [1.807, 2.05) is 45.0 Å². The summed E-state index contributed by atoms with van der Waals surface area (Å²) in [4.78, 5) is 0. The van der Waals surface area contributed by atoms with E-state index in [0.29, 0.717) is 6.61 Å². The highest BCUT2D eigenvalue weighted by Crippen LogP contribution is 2.21. The molecule has 3 nitrogen and oxygen atoms in total. The summed E-state index contributed by atoms with van der Waals surface area (Å²) in [7, 11) is 0. The number of nitrogens with zero attached hydrogens (tertiary/aromatic N) is 1. The highest BCUT2D eigenvalue weighted by molar-refractivity contribution is 5.48. The normalized spacial score (nSPS) is 10.8. The number of benzene rings is 1. The number of rotatable bonds is 7. The fraction of sp³-hybridized carbons (Fsp3) is 0.533. The minimum absolute atomic E-state index is 0.227. The van der Waals surface area contributed by atoms with Crippen LogP contribution in [0.25, 0.3) is 0 Å². The molecule has 0 fully saturated rings. The lowest BCUT2D eigenvalue weighted by molar-refractivity contribution is 0.340. The van der Waals surface area contributed by atoms with E-state index in [0.717, 1.165) is 30.8 Å². The molecule has 0 saturated carbocycles. The van der Waals surface area contributed by atoms with Gasteiger partial charge in [-0.15, -0.1) is 0 Å². The molecular formula is C15H22N2O. The van der Waals surface area contributed by atoms with Gasteiger partial charge in [0, 0.05) is 18.3 Å². The second kappa shape index (κ2) is 6.90. The predicted molar refractivity (Wildman–Crippen MR) is 74.7 cm³/mol. The smallest absolute Gasteiger partial charge is 0.121 e. The third kappa shape index (κ3) is 5.09. The Morgan fingerprint density at radius 2 is 2.17 bits per heavy atom. The van der Waals surface area contributed by atoms with Gasteiger partial charge in [0.25, 0.3) is 0 Å². The van der Waals surface area contributed by atoms with Crippen molar-refractivity contribution in [3.8, 4) is 11.8 Å². The van der Waals surface area contributed by atoms with Crippen LogP contribution in [0.4, 0.5) is 5.69 Å². The van der Waals surface area contributed by atoms with Crippen molar-refractivity contribution >= 4 is 5.69 Å². The highest BCUT2D eigenvalue weighted by Gasteiger charge is 2.15. The minimum Gasteiger partial charge on any atom is -0.494 e. The van der Waals surface area contributed by atoms with Crippen LogP contribution >= 0.6 is 0 Å². The maximum absolute atomic E-state index is 8.92. The Morgan fingerprint density at radius 1 is 1.39 bits per heavy atom. The Morgan fingerprint density at radius 3 is 2.83 bits per heavy atom. The highest BCUT2D eigenvalue weighted by atomic mass is 16.5. The first kappa shape index (κ1) is 14.4. The van der Waals surface area contributed by atoms with Gasteiger partial charge in [0.1, 0.15) is 5.75 Å². The van der Waals surface area contributed by atoms with Crippen molar-refractivity contribution in [2.24, 2.45) is 5.41 Å². The largest absolute Gasteiger partial charge is 0.494 e. The van der Waals surface area contributed by atoms with E-state index in [2.05, 4.69) is 11.4 Å². The summed E-state index contributed by atoms with van der Waals surface area (Å²) < 4.78 is 5.44. The first-order valence-electron chi connectivity index (χ1n) is 6.45. The molecule has 0 aliphatic carbocycles. The molecule has 1 N–H and O–H groups in total. The van der Waals surface area contributed by atoms with Crippen molar-refractivity contribution in [2.45, 2.75) is 33.6 Å². The molecular weight excluding hydrogens is 224 g/mol. The summed E-state index contributed by atoms with van der Waals surface area (Å²) in [5, 5.41) is 12.3. The molecule has 0 aromatic heterocycles. The summed E-state index contributed by atoms with van der Waals surface area (Å²) in [6.45, 7) is 7.48. The minimum atomic E-state index is -0.227. The van der Waals surface area contributed by atoms with Crippen molar-refractivity contribution in [1.82, 2.24) is 0 Å². The SMILES string of the molecule is CCOc1cccc(NCCCC(C)(C)C#N)c1. The van der Waals surface area contributed by atoms with Gasteiger partial charge in [0.05, 0.1) is 18.1 Å². The molecule has 98 valence electrons. The summed E-state index contributed by atoms with van der Waals surface area (Å²) in [6.07, 6.45) is 1.89. The Labute approximate surface area is 110 Å². The van der Waals surface area contributed by atoms with Crippen LogP contribution in [-0.4, -0.2) is 13.2 Å². The van der Waals surface area contributed by atoms with Gasteiger partial charge in [-0.2, -0.15) is 5.26 Å².